The van der Waals surface area contributed by atoms with Crippen molar-refractivity contribution in [3.8, 4) is 23.3 Å². The molecule has 4 aromatic rings. The lowest BCUT2D eigenvalue weighted by Crippen LogP contribution is -2.50. The maximum atomic E-state index is 13.0. The van der Waals surface area contributed by atoms with Crippen LogP contribution in [-0.4, -0.2) is 82.1 Å². The lowest BCUT2D eigenvalue weighted by molar-refractivity contribution is 0.208. The number of tetrazole rings is 1. The van der Waals surface area contributed by atoms with E-state index >= 15 is 0 Å². The van der Waals surface area contributed by atoms with E-state index in [4.69, 9.17) is 14.2 Å². The molecular weight excluding hydrogens is 526 g/mol. The summed E-state index contributed by atoms with van der Waals surface area (Å²) in [5.74, 6) is 1.81. The van der Waals surface area contributed by atoms with Crippen LogP contribution in [-0.2, 0) is 6.54 Å². The number of hydrogen-bond donors (Lipinski definition) is 1. The summed E-state index contributed by atoms with van der Waals surface area (Å²) in [6.45, 7) is 6.81. The minimum Gasteiger partial charge on any atom is -0.493 e. The third kappa shape index (κ3) is 6.38. The average molecular weight is 558 g/mol. The predicted octanol–water partition coefficient (Wildman–Crippen LogP) is 3.32. The fraction of sp³-hybridized carbons (Fsp3) is 0.357. The number of benzene rings is 2. The lowest BCUT2D eigenvalue weighted by atomic mass is 10.1. The number of nitriles is 1. The number of methoxy groups -OCH3 is 1. The monoisotopic (exact) mass is 557 g/mol. The van der Waals surface area contributed by atoms with E-state index in [1.165, 1.54) is 6.33 Å². The summed E-state index contributed by atoms with van der Waals surface area (Å²) < 4.78 is 18.8. The number of nitrogens with one attached hydrogen (secondary N) is 1. The predicted molar refractivity (Wildman–Crippen MR) is 151 cm³/mol. The summed E-state index contributed by atoms with van der Waals surface area (Å²) in [7, 11) is 1.57. The van der Waals surface area contributed by atoms with Gasteiger partial charge in [0.25, 0.3) is 0 Å². The third-order valence-electron chi connectivity index (χ3n) is 6.58. The zero-order chi connectivity index (χ0) is 28.8. The molecule has 0 spiro atoms. The van der Waals surface area contributed by atoms with Gasteiger partial charge in [0.15, 0.2) is 11.5 Å². The van der Waals surface area contributed by atoms with Gasteiger partial charge in [-0.3, -0.25) is 4.98 Å². The first-order valence-electron chi connectivity index (χ1n) is 13.3. The number of piperazine rings is 1. The molecule has 212 valence electrons. The van der Waals surface area contributed by atoms with Crippen LogP contribution < -0.4 is 24.4 Å². The van der Waals surface area contributed by atoms with Crippen LogP contribution in [0.5, 0.6) is 17.2 Å². The van der Waals surface area contributed by atoms with Crippen molar-refractivity contribution in [2.45, 2.75) is 26.5 Å². The fourth-order valence-electron chi connectivity index (χ4n) is 4.64. The number of rotatable bonds is 9. The molecule has 1 aliphatic rings. The molecule has 0 aliphatic carbocycles. The second-order valence-electron chi connectivity index (χ2n) is 9.67. The van der Waals surface area contributed by atoms with E-state index in [0.717, 1.165) is 16.8 Å². The number of hydrogen-bond acceptors (Lipinski definition) is 10. The highest BCUT2D eigenvalue weighted by Crippen LogP contribution is 2.38. The first kappa shape index (κ1) is 27.4. The average Bonchev–Trinajstić information content (AvgIpc) is 3.50. The molecule has 5 rings (SSSR count). The standard InChI is InChI=1S/C28H31N9O4/c1-19(2)41-22-6-4-21(5-7-22)32-28(38)36-10-8-35(9-11-36)27-20(16-29)17-30-24-15-26(25(39-3)14-23(24)27)40-13-12-37-18-31-33-34-37/h4-7,14-15,17-19H,8-13H2,1-3H3,(H,32,38). The molecule has 0 unspecified atom stereocenters. The summed E-state index contributed by atoms with van der Waals surface area (Å²) in [4.78, 5) is 21.3. The topological polar surface area (TPSA) is 144 Å². The number of anilines is 2. The Balaban J connectivity index is 1.28. The van der Waals surface area contributed by atoms with Crippen LogP contribution in [0.25, 0.3) is 10.9 Å². The Bertz CT molecular complexity index is 1530. The first-order chi connectivity index (χ1) is 19.9. The number of carbonyl (C=O) groups excluding carboxylic acids is 1. The van der Waals surface area contributed by atoms with Crippen LogP contribution in [0.4, 0.5) is 16.2 Å². The van der Waals surface area contributed by atoms with Crippen LogP contribution >= 0.6 is 0 Å². The second-order valence-corrected chi connectivity index (χ2v) is 9.67. The summed E-state index contributed by atoms with van der Waals surface area (Å²) in [6.07, 6.45) is 3.17. The van der Waals surface area contributed by atoms with Gasteiger partial charge in [-0.25, -0.2) is 9.48 Å². The van der Waals surface area contributed by atoms with Crippen molar-refractivity contribution in [2.75, 3.05) is 50.1 Å². The molecule has 2 aromatic heterocycles. The van der Waals surface area contributed by atoms with Crippen molar-refractivity contribution in [3.63, 3.8) is 0 Å². The van der Waals surface area contributed by atoms with Gasteiger partial charge in [0.1, 0.15) is 24.8 Å². The molecule has 0 bridgehead atoms. The van der Waals surface area contributed by atoms with Crippen molar-refractivity contribution in [2.24, 2.45) is 0 Å². The maximum absolute atomic E-state index is 13.0. The largest absolute Gasteiger partial charge is 0.493 e. The molecule has 2 aromatic carbocycles. The smallest absolute Gasteiger partial charge is 0.321 e. The Hall–Kier alpha value is -5.12. The molecule has 3 heterocycles. The van der Waals surface area contributed by atoms with Crippen molar-refractivity contribution >= 4 is 28.3 Å². The van der Waals surface area contributed by atoms with Crippen molar-refractivity contribution in [3.05, 3.63) is 54.5 Å². The molecule has 1 saturated heterocycles. The summed E-state index contributed by atoms with van der Waals surface area (Å²) >= 11 is 0. The number of nitrogens with zero attached hydrogens (tertiary/aromatic N) is 8. The number of carbonyl (C=O) groups is 1. The van der Waals surface area contributed by atoms with Gasteiger partial charge < -0.3 is 29.3 Å². The number of urea groups is 1. The van der Waals surface area contributed by atoms with E-state index in [-0.39, 0.29) is 12.1 Å². The van der Waals surface area contributed by atoms with Crippen molar-refractivity contribution in [1.29, 1.82) is 5.26 Å². The quantitative estimate of drug-likeness (QED) is 0.325. The maximum Gasteiger partial charge on any atom is 0.321 e. The highest BCUT2D eigenvalue weighted by molar-refractivity contribution is 5.97. The Morgan fingerprint density at radius 2 is 1.90 bits per heavy atom. The Kier molecular flexibility index (Phi) is 8.28. The summed E-state index contributed by atoms with van der Waals surface area (Å²) in [5, 5.41) is 24.7. The Labute approximate surface area is 237 Å². The van der Waals surface area contributed by atoms with E-state index in [0.29, 0.717) is 67.6 Å². The molecular formula is C28H31N9O4. The van der Waals surface area contributed by atoms with Crippen molar-refractivity contribution < 1.29 is 19.0 Å². The Morgan fingerprint density at radius 1 is 1.12 bits per heavy atom. The normalized spacial score (nSPS) is 13.2. The SMILES string of the molecule is COc1cc2c(N3CCN(C(=O)Nc4ccc(OC(C)C)cc4)CC3)c(C#N)cnc2cc1OCCn1cnnn1. The van der Waals surface area contributed by atoms with Crippen molar-refractivity contribution in [1.82, 2.24) is 30.1 Å². The summed E-state index contributed by atoms with van der Waals surface area (Å²) in [6, 6.07) is 13.1. The van der Waals surface area contributed by atoms with E-state index < -0.39 is 0 Å². The molecule has 0 saturated carbocycles. The van der Waals surface area contributed by atoms with E-state index in [2.05, 4.69) is 36.8 Å². The molecule has 0 radical (unpaired) electrons. The molecule has 1 fully saturated rings. The molecule has 0 atom stereocenters. The molecule has 2 amide bonds. The zero-order valence-corrected chi connectivity index (χ0v) is 23.1. The van der Waals surface area contributed by atoms with Crippen LogP contribution in [0.3, 0.4) is 0 Å². The summed E-state index contributed by atoms with van der Waals surface area (Å²) in [5.41, 5.74) is 2.58. The number of pyridine rings is 1. The van der Waals surface area contributed by atoms with Crippen LogP contribution in [0.2, 0.25) is 0 Å². The van der Waals surface area contributed by atoms with Gasteiger partial charge in [-0.15, -0.1) is 5.10 Å². The van der Waals surface area contributed by atoms with Gasteiger partial charge >= 0.3 is 6.03 Å². The molecule has 1 aliphatic heterocycles. The first-order valence-corrected chi connectivity index (χ1v) is 13.3. The molecule has 1 N–H and O–H groups in total. The molecule has 41 heavy (non-hydrogen) atoms. The molecule has 13 heteroatoms. The van der Waals surface area contributed by atoms with E-state index in [9.17, 15) is 10.1 Å². The molecule has 13 nitrogen and oxygen atoms in total. The highest BCUT2D eigenvalue weighted by Gasteiger charge is 2.25. The minimum absolute atomic E-state index is 0.0799. The van der Waals surface area contributed by atoms with E-state index in [1.54, 1.807) is 29.0 Å². The van der Waals surface area contributed by atoms with E-state index in [1.807, 2.05) is 44.2 Å². The van der Waals surface area contributed by atoms with Gasteiger partial charge in [0, 0.05) is 49.5 Å². The second kappa shape index (κ2) is 12.4. The van der Waals surface area contributed by atoms with Crippen LogP contribution in [0.15, 0.2) is 48.9 Å². The van der Waals surface area contributed by atoms with Gasteiger partial charge in [0.2, 0.25) is 0 Å². The lowest BCUT2D eigenvalue weighted by Gasteiger charge is -2.37. The number of amides is 2. The zero-order valence-electron chi connectivity index (χ0n) is 23.1. The van der Waals surface area contributed by atoms with Gasteiger partial charge in [-0.1, -0.05) is 0 Å². The van der Waals surface area contributed by atoms with Gasteiger partial charge in [-0.2, -0.15) is 5.26 Å². The number of ether oxygens (including phenoxy) is 3. The number of fused-ring (bicyclic) bond motifs is 1. The van der Waals surface area contributed by atoms with Crippen LogP contribution in [0, 0.1) is 11.3 Å². The van der Waals surface area contributed by atoms with Gasteiger partial charge in [-0.05, 0) is 54.6 Å². The van der Waals surface area contributed by atoms with Crippen LogP contribution in [0.1, 0.15) is 19.4 Å². The fourth-order valence-corrected chi connectivity index (χ4v) is 4.64. The Morgan fingerprint density at radius 3 is 2.56 bits per heavy atom. The highest BCUT2D eigenvalue weighted by atomic mass is 16.5. The van der Waals surface area contributed by atoms with Gasteiger partial charge in [0.05, 0.1) is 36.5 Å². The third-order valence-corrected chi connectivity index (χ3v) is 6.58. The number of aromatic nitrogens is 5. The minimum atomic E-state index is -0.174.